The average Bonchev–Trinajstić information content (AvgIpc) is 3.38. The summed E-state index contributed by atoms with van der Waals surface area (Å²) < 4.78 is 0. The number of carbonyl (C=O) groups is 2. The maximum atomic E-state index is 13.1. The van der Waals surface area contributed by atoms with Crippen LogP contribution in [-0.2, 0) is 16.0 Å². The van der Waals surface area contributed by atoms with E-state index in [4.69, 9.17) is 0 Å². The number of para-hydroxylation sites is 1. The van der Waals surface area contributed by atoms with E-state index >= 15 is 0 Å². The van der Waals surface area contributed by atoms with E-state index in [1.807, 2.05) is 29.3 Å². The molecule has 0 unspecified atom stereocenters. The Kier molecular flexibility index (Phi) is 5.46. The van der Waals surface area contributed by atoms with E-state index in [1.165, 1.54) is 6.42 Å². The van der Waals surface area contributed by atoms with Crippen LogP contribution < -0.4 is 5.32 Å². The van der Waals surface area contributed by atoms with Crippen molar-refractivity contribution in [3.05, 3.63) is 36.0 Å². The highest BCUT2D eigenvalue weighted by Gasteiger charge is 2.31. The molecule has 1 aliphatic carbocycles. The van der Waals surface area contributed by atoms with Gasteiger partial charge in [-0.05, 0) is 37.3 Å². The third kappa shape index (κ3) is 4.02. The van der Waals surface area contributed by atoms with Gasteiger partial charge in [-0.2, -0.15) is 0 Å². The van der Waals surface area contributed by atoms with Gasteiger partial charge < -0.3 is 15.2 Å². The van der Waals surface area contributed by atoms with Crippen LogP contribution in [0.3, 0.4) is 0 Å². The lowest BCUT2D eigenvalue weighted by Gasteiger charge is -2.27. The third-order valence-corrected chi connectivity index (χ3v) is 6.11. The summed E-state index contributed by atoms with van der Waals surface area (Å²) in [6.07, 6.45) is 9.97. The molecule has 144 valence electrons. The van der Waals surface area contributed by atoms with E-state index in [0.717, 1.165) is 68.1 Å². The van der Waals surface area contributed by atoms with Crippen molar-refractivity contribution in [1.29, 1.82) is 0 Å². The van der Waals surface area contributed by atoms with Gasteiger partial charge in [-0.15, -0.1) is 0 Å². The molecule has 2 aromatic rings. The maximum absolute atomic E-state index is 13.1. The highest BCUT2D eigenvalue weighted by molar-refractivity contribution is 5.90. The standard InChI is InChI=1S/C22H29N3O2/c26-21(16-8-2-1-3-9-16)24-20(22(27)25-12-6-7-13-25)14-17-15-23-19-11-5-4-10-18(17)19/h4-5,10-11,15-16,20,23H,1-3,6-9,12-14H2,(H,24,26)/t20-/m1/s1. The molecule has 1 saturated carbocycles. The first-order valence-corrected chi connectivity index (χ1v) is 10.4. The molecular formula is C22H29N3O2. The fraction of sp³-hybridized carbons (Fsp3) is 0.545. The predicted molar refractivity (Wildman–Crippen MR) is 106 cm³/mol. The van der Waals surface area contributed by atoms with Crippen LogP contribution in [0, 0.1) is 5.92 Å². The zero-order chi connectivity index (χ0) is 18.6. The Morgan fingerprint density at radius 3 is 2.59 bits per heavy atom. The second-order valence-corrected chi connectivity index (χ2v) is 7.99. The first kappa shape index (κ1) is 18.1. The lowest BCUT2D eigenvalue weighted by molar-refractivity contribution is -0.137. The number of nitrogens with zero attached hydrogens (tertiary/aromatic N) is 1. The second kappa shape index (κ2) is 8.15. The molecule has 5 heteroatoms. The number of likely N-dealkylation sites (tertiary alicyclic amines) is 1. The highest BCUT2D eigenvalue weighted by atomic mass is 16.2. The molecule has 1 atom stereocenters. The van der Waals surface area contributed by atoms with Crippen molar-refractivity contribution in [2.24, 2.45) is 5.92 Å². The van der Waals surface area contributed by atoms with Crippen molar-refractivity contribution < 1.29 is 9.59 Å². The van der Waals surface area contributed by atoms with E-state index in [0.29, 0.717) is 6.42 Å². The fourth-order valence-corrected chi connectivity index (χ4v) is 4.53. The number of benzene rings is 1. The Bertz CT molecular complexity index is 801. The van der Waals surface area contributed by atoms with Crippen molar-refractivity contribution in [2.75, 3.05) is 13.1 Å². The summed E-state index contributed by atoms with van der Waals surface area (Å²) in [6.45, 7) is 1.62. The molecule has 1 saturated heterocycles. The minimum absolute atomic E-state index is 0.0621. The van der Waals surface area contributed by atoms with Crippen LogP contribution >= 0.6 is 0 Å². The van der Waals surface area contributed by atoms with E-state index < -0.39 is 6.04 Å². The SMILES string of the molecule is O=C(N[C@H](Cc1c[nH]c2ccccc12)C(=O)N1CCCC1)C1CCCCC1. The van der Waals surface area contributed by atoms with Gasteiger partial charge in [0.1, 0.15) is 6.04 Å². The van der Waals surface area contributed by atoms with Crippen LogP contribution in [0.2, 0.25) is 0 Å². The van der Waals surface area contributed by atoms with Crippen LogP contribution in [0.4, 0.5) is 0 Å². The smallest absolute Gasteiger partial charge is 0.245 e. The molecule has 1 aromatic heterocycles. The average molecular weight is 367 g/mol. The summed E-state index contributed by atoms with van der Waals surface area (Å²) in [5, 5.41) is 4.25. The number of hydrogen-bond donors (Lipinski definition) is 2. The van der Waals surface area contributed by atoms with Gasteiger partial charge in [0, 0.05) is 42.5 Å². The molecule has 0 bridgehead atoms. The first-order chi connectivity index (χ1) is 13.2. The topological polar surface area (TPSA) is 65.2 Å². The number of aromatic nitrogens is 1. The molecule has 2 amide bonds. The summed E-state index contributed by atoms with van der Waals surface area (Å²) >= 11 is 0. The van der Waals surface area contributed by atoms with Gasteiger partial charge in [0.2, 0.25) is 11.8 Å². The summed E-state index contributed by atoms with van der Waals surface area (Å²) in [7, 11) is 0. The quantitative estimate of drug-likeness (QED) is 0.851. The number of H-pyrrole nitrogens is 1. The molecule has 2 N–H and O–H groups in total. The molecule has 0 spiro atoms. The van der Waals surface area contributed by atoms with E-state index in [2.05, 4.69) is 16.4 Å². The number of fused-ring (bicyclic) bond motifs is 1. The largest absolute Gasteiger partial charge is 0.361 e. The maximum Gasteiger partial charge on any atom is 0.245 e. The number of aromatic amines is 1. The van der Waals surface area contributed by atoms with Crippen LogP contribution in [-0.4, -0.2) is 40.8 Å². The molecule has 0 radical (unpaired) electrons. The van der Waals surface area contributed by atoms with Gasteiger partial charge in [-0.25, -0.2) is 0 Å². The second-order valence-electron chi connectivity index (χ2n) is 7.99. The van der Waals surface area contributed by atoms with Crippen LogP contribution in [0.1, 0.15) is 50.5 Å². The van der Waals surface area contributed by atoms with Crippen LogP contribution in [0.25, 0.3) is 10.9 Å². The summed E-state index contributed by atoms with van der Waals surface area (Å²) in [5.41, 5.74) is 2.16. The van der Waals surface area contributed by atoms with Gasteiger partial charge in [-0.3, -0.25) is 9.59 Å². The Morgan fingerprint density at radius 2 is 1.81 bits per heavy atom. The zero-order valence-corrected chi connectivity index (χ0v) is 15.9. The number of amides is 2. The van der Waals surface area contributed by atoms with Crippen molar-refractivity contribution in [3.8, 4) is 0 Å². The molecule has 4 rings (SSSR count). The van der Waals surface area contributed by atoms with Gasteiger partial charge in [0.15, 0.2) is 0 Å². The van der Waals surface area contributed by atoms with Crippen molar-refractivity contribution >= 4 is 22.7 Å². The summed E-state index contributed by atoms with van der Waals surface area (Å²) in [6, 6.07) is 7.65. The minimum Gasteiger partial charge on any atom is -0.361 e. The fourth-order valence-electron chi connectivity index (χ4n) is 4.53. The van der Waals surface area contributed by atoms with Gasteiger partial charge in [-0.1, -0.05) is 37.5 Å². The van der Waals surface area contributed by atoms with Crippen molar-refractivity contribution in [3.63, 3.8) is 0 Å². The molecule has 1 aliphatic heterocycles. The molecule has 2 heterocycles. The van der Waals surface area contributed by atoms with Gasteiger partial charge >= 0.3 is 0 Å². The van der Waals surface area contributed by atoms with E-state index in [-0.39, 0.29) is 17.7 Å². The van der Waals surface area contributed by atoms with Crippen molar-refractivity contribution in [1.82, 2.24) is 15.2 Å². The number of rotatable bonds is 5. The zero-order valence-electron chi connectivity index (χ0n) is 15.9. The Labute approximate surface area is 160 Å². The molecule has 2 aliphatic rings. The number of carbonyl (C=O) groups excluding carboxylic acids is 2. The van der Waals surface area contributed by atoms with Gasteiger partial charge in [0.25, 0.3) is 0 Å². The highest BCUT2D eigenvalue weighted by Crippen LogP contribution is 2.25. The monoisotopic (exact) mass is 367 g/mol. The Morgan fingerprint density at radius 1 is 1.07 bits per heavy atom. The lowest BCUT2D eigenvalue weighted by Crippen LogP contribution is -2.50. The van der Waals surface area contributed by atoms with Crippen molar-refractivity contribution in [2.45, 2.75) is 57.4 Å². The van der Waals surface area contributed by atoms with Crippen LogP contribution in [0.5, 0.6) is 0 Å². The molecule has 5 nitrogen and oxygen atoms in total. The van der Waals surface area contributed by atoms with Gasteiger partial charge in [0.05, 0.1) is 0 Å². The molecular weight excluding hydrogens is 338 g/mol. The summed E-state index contributed by atoms with van der Waals surface area (Å²) in [4.78, 5) is 31.2. The number of hydrogen-bond acceptors (Lipinski definition) is 2. The Hall–Kier alpha value is -2.30. The molecule has 2 fully saturated rings. The van der Waals surface area contributed by atoms with E-state index in [1.54, 1.807) is 0 Å². The van der Waals surface area contributed by atoms with E-state index in [9.17, 15) is 9.59 Å². The Balaban J connectivity index is 1.53. The number of nitrogens with one attached hydrogen (secondary N) is 2. The third-order valence-electron chi connectivity index (χ3n) is 6.11. The molecule has 1 aromatic carbocycles. The first-order valence-electron chi connectivity index (χ1n) is 10.4. The normalized spacial score (nSPS) is 19.3. The predicted octanol–water partition coefficient (Wildman–Crippen LogP) is 3.40. The van der Waals surface area contributed by atoms with Crippen LogP contribution in [0.15, 0.2) is 30.5 Å². The summed E-state index contributed by atoms with van der Waals surface area (Å²) in [5.74, 6) is 0.199. The minimum atomic E-state index is -0.475. The molecule has 27 heavy (non-hydrogen) atoms. The lowest BCUT2D eigenvalue weighted by atomic mass is 9.88.